The summed E-state index contributed by atoms with van der Waals surface area (Å²) in [6.07, 6.45) is 0. The average Bonchev–Trinajstić information content (AvgIpc) is 1.59. The number of nitrogens with zero attached hydrogens (tertiary/aromatic N) is 1. The fourth-order valence-electron chi connectivity index (χ4n) is 1.01. The predicted molar refractivity (Wildman–Crippen MR) is 49.9 cm³/mol. The topological polar surface area (TPSA) is 3.24 Å². The molecular formula is C8H20AsN. The molecule has 1 atom stereocenters. The van der Waals surface area contributed by atoms with E-state index in [1.54, 1.807) is 17.1 Å². The first-order chi connectivity index (χ1) is 4.15. The van der Waals surface area contributed by atoms with Crippen LogP contribution >= 0.6 is 0 Å². The maximum absolute atomic E-state index is 2.44. The Kier molecular flexibility index (Phi) is 3.02. The fourth-order valence-corrected chi connectivity index (χ4v) is 1.01. The van der Waals surface area contributed by atoms with Crippen LogP contribution in [0.2, 0.25) is 0 Å². The summed E-state index contributed by atoms with van der Waals surface area (Å²) in [5, 5.41) is 0. The van der Waals surface area contributed by atoms with Crippen LogP contribution in [0.3, 0.4) is 0 Å². The van der Waals surface area contributed by atoms with E-state index < -0.39 is 0 Å². The number of hydrogen-bond donors (Lipinski definition) is 0. The molecule has 0 spiro atoms. The zero-order valence-corrected chi connectivity index (χ0v) is 10.4. The van der Waals surface area contributed by atoms with Crippen LogP contribution in [-0.2, 0) is 0 Å². The Hall–Kier alpha value is 0.518. The van der Waals surface area contributed by atoms with Gasteiger partial charge in [0, 0.05) is 0 Å². The zero-order chi connectivity index (χ0) is 8.58. The van der Waals surface area contributed by atoms with E-state index in [4.69, 9.17) is 0 Å². The van der Waals surface area contributed by atoms with Crippen LogP contribution < -0.4 is 0 Å². The zero-order valence-electron chi connectivity index (χ0n) is 8.02. The predicted octanol–water partition coefficient (Wildman–Crippen LogP) is 1.43. The molecule has 1 nitrogen and oxygen atoms in total. The van der Waals surface area contributed by atoms with Crippen molar-refractivity contribution in [1.29, 1.82) is 0 Å². The van der Waals surface area contributed by atoms with E-state index in [0.29, 0.717) is 11.1 Å². The molecule has 0 aromatic rings. The molecule has 1 unspecified atom stereocenters. The van der Waals surface area contributed by atoms with Gasteiger partial charge in [-0.1, -0.05) is 0 Å². The molecule has 0 aliphatic heterocycles. The van der Waals surface area contributed by atoms with Crippen LogP contribution in [0, 0.1) is 0 Å². The van der Waals surface area contributed by atoms with Gasteiger partial charge in [-0.3, -0.25) is 0 Å². The van der Waals surface area contributed by atoms with Crippen molar-refractivity contribution in [1.82, 2.24) is 3.82 Å². The van der Waals surface area contributed by atoms with E-state index in [9.17, 15) is 0 Å². The molecule has 0 aromatic heterocycles. The standard InChI is InChI=1S/C8H20AsN/c1-7(2,3)10(9)8(4,5)6/h9H2,1-6H3. The van der Waals surface area contributed by atoms with Crippen molar-refractivity contribution >= 4 is 17.1 Å². The molecule has 0 radical (unpaired) electrons. The molecule has 0 heterocycles. The molecule has 62 valence electrons. The molecule has 10 heavy (non-hydrogen) atoms. The Morgan fingerprint density at radius 3 is 1.00 bits per heavy atom. The molecule has 0 bridgehead atoms. The van der Waals surface area contributed by atoms with Crippen LogP contribution in [0.5, 0.6) is 0 Å². The van der Waals surface area contributed by atoms with Crippen molar-refractivity contribution in [2.75, 3.05) is 0 Å². The third-order valence-electron chi connectivity index (χ3n) is 1.45. The van der Waals surface area contributed by atoms with E-state index in [1.165, 1.54) is 0 Å². The van der Waals surface area contributed by atoms with E-state index in [2.05, 4.69) is 45.4 Å². The number of hydrogen-bond acceptors (Lipinski definition) is 1. The van der Waals surface area contributed by atoms with Gasteiger partial charge in [-0.2, -0.15) is 0 Å². The Balaban J connectivity index is 4.23. The molecule has 0 saturated heterocycles. The molecule has 0 fully saturated rings. The molecule has 0 saturated carbocycles. The molecule has 0 aliphatic carbocycles. The first-order valence-electron chi connectivity index (χ1n) is 3.71. The molecular weight excluding hydrogens is 185 g/mol. The summed E-state index contributed by atoms with van der Waals surface area (Å²) >= 11 is 1.70. The number of rotatable bonds is 0. The molecule has 0 amide bonds. The SMILES string of the molecule is CC(C)(C)N([AsH2])C(C)(C)C. The third-order valence-corrected chi connectivity index (χ3v) is 4.70. The van der Waals surface area contributed by atoms with Crippen LogP contribution in [0.4, 0.5) is 0 Å². The van der Waals surface area contributed by atoms with E-state index in [0.717, 1.165) is 0 Å². The summed E-state index contributed by atoms with van der Waals surface area (Å²) in [6.45, 7) is 13.5. The fraction of sp³-hybridized carbons (Fsp3) is 1.00. The van der Waals surface area contributed by atoms with Gasteiger partial charge < -0.3 is 0 Å². The Bertz CT molecular complexity index is 93.4. The normalized spacial score (nSPS) is 14.4. The van der Waals surface area contributed by atoms with Gasteiger partial charge >= 0.3 is 73.5 Å². The summed E-state index contributed by atoms with van der Waals surface area (Å²) in [4.78, 5) is 0. The van der Waals surface area contributed by atoms with Gasteiger partial charge in [0.1, 0.15) is 0 Å². The molecule has 2 heteroatoms. The van der Waals surface area contributed by atoms with Gasteiger partial charge in [-0.15, -0.1) is 0 Å². The van der Waals surface area contributed by atoms with Crippen LogP contribution in [0.1, 0.15) is 41.5 Å². The summed E-state index contributed by atoms with van der Waals surface area (Å²) in [5.74, 6) is 0. The molecule has 0 rings (SSSR count). The second-order valence-electron chi connectivity index (χ2n) is 4.71. The van der Waals surface area contributed by atoms with Gasteiger partial charge in [0.2, 0.25) is 0 Å². The molecule has 0 N–H and O–H groups in total. The van der Waals surface area contributed by atoms with Crippen molar-refractivity contribution in [2.45, 2.75) is 52.6 Å². The van der Waals surface area contributed by atoms with Crippen molar-refractivity contribution in [2.24, 2.45) is 0 Å². The first-order valence-corrected chi connectivity index (χ1v) is 4.79. The van der Waals surface area contributed by atoms with Crippen LogP contribution in [0.25, 0.3) is 0 Å². The van der Waals surface area contributed by atoms with Crippen molar-refractivity contribution < 1.29 is 0 Å². The van der Waals surface area contributed by atoms with Gasteiger partial charge in [-0.25, -0.2) is 0 Å². The van der Waals surface area contributed by atoms with Crippen molar-refractivity contribution in [3.05, 3.63) is 0 Å². The van der Waals surface area contributed by atoms with E-state index >= 15 is 0 Å². The second kappa shape index (κ2) is 2.87. The van der Waals surface area contributed by atoms with Crippen LogP contribution in [0.15, 0.2) is 0 Å². The molecule has 0 aliphatic rings. The van der Waals surface area contributed by atoms with Crippen molar-refractivity contribution in [3.8, 4) is 0 Å². The third kappa shape index (κ3) is 3.07. The summed E-state index contributed by atoms with van der Waals surface area (Å²) < 4.78 is 2.44. The molecule has 0 aromatic carbocycles. The van der Waals surface area contributed by atoms with Gasteiger partial charge in [0.05, 0.1) is 0 Å². The van der Waals surface area contributed by atoms with E-state index in [1.807, 2.05) is 0 Å². The Morgan fingerprint density at radius 1 is 0.800 bits per heavy atom. The van der Waals surface area contributed by atoms with Crippen LogP contribution in [-0.4, -0.2) is 32.0 Å². The minimum atomic E-state index is 0.304. The van der Waals surface area contributed by atoms with E-state index in [-0.39, 0.29) is 0 Å². The van der Waals surface area contributed by atoms with Gasteiger partial charge in [0.15, 0.2) is 0 Å². The monoisotopic (exact) mass is 205 g/mol. The van der Waals surface area contributed by atoms with Crippen molar-refractivity contribution in [3.63, 3.8) is 0 Å². The van der Waals surface area contributed by atoms with Gasteiger partial charge in [0.25, 0.3) is 0 Å². The summed E-state index contributed by atoms with van der Waals surface area (Å²) in [7, 11) is 0. The van der Waals surface area contributed by atoms with Gasteiger partial charge in [-0.05, 0) is 0 Å². The summed E-state index contributed by atoms with van der Waals surface area (Å²) in [5.41, 5.74) is 0.608. The second-order valence-corrected chi connectivity index (χ2v) is 5.80. The minimum absolute atomic E-state index is 0.304. The Morgan fingerprint density at radius 2 is 1.00 bits per heavy atom. The summed E-state index contributed by atoms with van der Waals surface area (Å²) in [6, 6.07) is 0. The maximum atomic E-state index is 2.44. The first kappa shape index (κ1) is 10.5. The quantitative estimate of drug-likeness (QED) is 0.541. The Labute approximate surface area is 73.9 Å². The average molecular weight is 205 g/mol.